The Labute approximate surface area is 247 Å². The lowest BCUT2D eigenvalue weighted by atomic mass is 10.0. The van der Waals surface area contributed by atoms with Gasteiger partial charge < -0.3 is 20.1 Å². The Morgan fingerprint density at radius 2 is 1.88 bits per heavy atom. The van der Waals surface area contributed by atoms with Gasteiger partial charge in [-0.15, -0.1) is 11.3 Å². The molecular weight excluding hydrogens is 593 g/mol. The second-order valence-electron chi connectivity index (χ2n) is 10.5. The molecule has 0 saturated carbocycles. The standard InChI is InChI=1S/C28H26F5N7O2S/c1-14-11-40(12-15(2)38(14)4)20-8-19(29)23(16-5-6-39(13-16)27-36-10-22(34-3)43-27)24(30)25(20)37-26(42)17-9-35-21(41)7-18(17)28(31,32)33/h5,7-10,14-15H,6,11-13H2,1-2,4H3,(H,35,41)(H,37,42)/t14-,15+. The van der Waals surface area contributed by atoms with Gasteiger partial charge in [0.25, 0.3) is 10.9 Å². The van der Waals surface area contributed by atoms with Crippen LogP contribution < -0.4 is 20.7 Å². The van der Waals surface area contributed by atoms with Crippen LogP contribution in [-0.4, -0.2) is 66.1 Å². The van der Waals surface area contributed by atoms with Crippen LogP contribution in [0, 0.1) is 18.2 Å². The number of pyridine rings is 1. The van der Waals surface area contributed by atoms with Gasteiger partial charge in [0.15, 0.2) is 10.9 Å². The van der Waals surface area contributed by atoms with E-state index in [1.807, 2.05) is 20.9 Å². The van der Waals surface area contributed by atoms with Crippen molar-refractivity contribution >= 4 is 44.3 Å². The fourth-order valence-electron chi connectivity index (χ4n) is 5.28. The third kappa shape index (κ3) is 5.84. The van der Waals surface area contributed by atoms with Crippen LogP contribution in [0.2, 0.25) is 0 Å². The normalized spacial score (nSPS) is 19.4. The van der Waals surface area contributed by atoms with Gasteiger partial charge in [-0.05, 0) is 26.5 Å². The first kappa shape index (κ1) is 30.2. The summed E-state index contributed by atoms with van der Waals surface area (Å²) in [7, 11) is 1.91. The first-order valence-corrected chi connectivity index (χ1v) is 14.0. The Bertz CT molecular complexity index is 1700. The number of H-pyrrole nitrogens is 1. The molecule has 0 bridgehead atoms. The van der Waals surface area contributed by atoms with Crippen molar-refractivity contribution in [3.05, 3.63) is 80.7 Å². The zero-order valence-corrected chi connectivity index (χ0v) is 24.0. The minimum Gasteiger partial charge on any atom is -0.367 e. The summed E-state index contributed by atoms with van der Waals surface area (Å²) in [4.78, 5) is 40.0. The predicted octanol–water partition coefficient (Wildman–Crippen LogP) is 5.36. The molecule has 1 fully saturated rings. The van der Waals surface area contributed by atoms with Gasteiger partial charge in [-0.25, -0.2) is 18.6 Å². The van der Waals surface area contributed by atoms with Crippen molar-refractivity contribution in [3.8, 4) is 0 Å². The number of aromatic nitrogens is 2. The van der Waals surface area contributed by atoms with Crippen molar-refractivity contribution in [1.82, 2.24) is 14.9 Å². The fraction of sp³-hybridized carbons (Fsp3) is 0.357. The molecule has 2 aromatic heterocycles. The molecule has 9 nitrogen and oxygen atoms in total. The number of nitrogens with one attached hydrogen (secondary N) is 2. The Balaban J connectivity index is 1.57. The van der Waals surface area contributed by atoms with Crippen LogP contribution >= 0.6 is 11.3 Å². The lowest BCUT2D eigenvalue weighted by Crippen LogP contribution is -2.55. The minimum absolute atomic E-state index is 0.0195. The highest BCUT2D eigenvalue weighted by molar-refractivity contribution is 7.19. The summed E-state index contributed by atoms with van der Waals surface area (Å²) < 4.78 is 73.4. The minimum atomic E-state index is -5.04. The number of halogens is 5. The third-order valence-corrected chi connectivity index (χ3v) is 8.67. The molecule has 0 spiro atoms. The molecule has 5 rings (SSSR count). The maximum absolute atomic E-state index is 16.5. The molecule has 43 heavy (non-hydrogen) atoms. The van der Waals surface area contributed by atoms with E-state index in [2.05, 4.69) is 25.0 Å². The van der Waals surface area contributed by atoms with Crippen LogP contribution in [0.3, 0.4) is 0 Å². The van der Waals surface area contributed by atoms with Crippen LogP contribution in [0.25, 0.3) is 10.4 Å². The van der Waals surface area contributed by atoms with Gasteiger partial charge in [0, 0.05) is 62.8 Å². The molecular formula is C28H26F5N7O2S. The molecule has 226 valence electrons. The summed E-state index contributed by atoms with van der Waals surface area (Å²) >= 11 is 1.13. The van der Waals surface area contributed by atoms with Gasteiger partial charge in [-0.3, -0.25) is 14.5 Å². The highest BCUT2D eigenvalue weighted by atomic mass is 32.1. The summed E-state index contributed by atoms with van der Waals surface area (Å²) in [6.07, 6.45) is -1.43. The summed E-state index contributed by atoms with van der Waals surface area (Å²) in [6.45, 7) is 12.0. The summed E-state index contributed by atoms with van der Waals surface area (Å²) in [6, 6.07) is 1.25. The van der Waals surface area contributed by atoms with E-state index in [4.69, 9.17) is 6.57 Å². The van der Waals surface area contributed by atoms with Crippen molar-refractivity contribution in [2.24, 2.45) is 0 Å². The van der Waals surface area contributed by atoms with Crippen molar-refractivity contribution in [2.75, 3.05) is 48.3 Å². The maximum atomic E-state index is 16.5. The molecule has 3 aromatic rings. The van der Waals surface area contributed by atoms with E-state index in [9.17, 15) is 22.8 Å². The van der Waals surface area contributed by atoms with Crippen molar-refractivity contribution in [1.29, 1.82) is 0 Å². The molecule has 4 heterocycles. The van der Waals surface area contributed by atoms with E-state index in [1.54, 1.807) is 15.9 Å². The highest BCUT2D eigenvalue weighted by Crippen LogP contribution is 2.40. The molecule has 2 aliphatic heterocycles. The molecule has 1 aromatic carbocycles. The van der Waals surface area contributed by atoms with Crippen LogP contribution in [0.5, 0.6) is 0 Å². The topological polar surface area (TPSA) is 88.9 Å². The van der Waals surface area contributed by atoms with E-state index in [0.717, 1.165) is 17.4 Å². The van der Waals surface area contributed by atoms with E-state index in [0.29, 0.717) is 29.4 Å². The summed E-state index contributed by atoms with van der Waals surface area (Å²) in [5, 5.41) is 3.11. The second kappa shape index (κ2) is 11.4. The van der Waals surface area contributed by atoms with Gasteiger partial charge >= 0.3 is 6.18 Å². The summed E-state index contributed by atoms with van der Waals surface area (Å²) in [5.74, 6) is -3.37. The first-order valence-electron chi connectivity index (χ1n) is 13.2. The lowest BCUT2D eigenvalue weighted by Gasteiger charge is -2.44. The second-order valence-corrected chi connectivity index (χ2v) is 11.5. The number of alkyl halides is 3. The zero-order chi connectivity index (χ0) is 31.2. The lowest BCUT2D eigenvalue weighted by molar-refractivity contribution is -0.138. The third-order valence-electron chi connectivity index (χ3n) is 7.71. The molecule has 0 aliphatic carbocycles. The molecule has 1 amide bonds. The summed E-state index contributed by atoms with van der Waals surface area (Å²) in [5.41, 5.74) is -4.16. The number of carbonyl (C=O) groups is 1. The number of thiazole rings is 1. The molecule has 0 radical (unpaired) electrons. The van der Waals surface area contributed by atoms with E-state index in [1.165, 1.54) is 6.20 Å². The number of likely N-dealkylation sites (N-methyl/N-ethyl adjacent to an activating group) is 1. The number of amides is 1. The monoisotopic (exact) mass is 619 g/mol. The SMILES string of the molecule is [C-]#[N+]c1cnc(N2CC=C(c3c(F)cc(N4C[C@@H](C)N(C)[C@@H](C)C4)c(NC(=O)c4c[nH]c(=O)cc4C(F)(F)F)c3F)C2)s1. The number of hydrogen-bond donors (Lipinski definition) is 2. The van der Waals surface area contributed by atoms with Gasteiger partial charge in [0.2, 0.25) is 5.56 Å². The van der Waals surface area contributed by atoms with Crippen molar-refractivity contribution in [3.63, 3.8) is 0 Å². The van der Waals surface area contributed by atoms with Crippen LogP contribution in [0.4, 0.5) is 43.5 Å². The molecule has 1 saturated heterocycles. The maximum Gasteiger partial charge on any atom is 0.417 e. The molecule has 2 N–H and O–H groups in total. The largest absolute Gasteiger partial charge is 0.417 e. The number of nitrogens with zero attached hydrogens (tertiary/aromatic N) is 5. The predicted molar refractivity (Wildman–Crippen MR) is 154 cm³/mol. The molecule has 0 unspecified atom stereocenters. The first-order chi connectivity index (χ1) is 20.3. The average molecular weight is 620 g/mol. The van der Waals surface area contributed by atoms with Crippen LogP contribution in [0.15, 0.2) is 35.4 Å². The average Bonchev–Trinajstić information content (AvgIpc) is 3.62. The van der Waals surface area contributed by atoms with Gasteiger partial charge in [-0.2, -0.15) is 13.2 Å². The molecule has 2 atom stereocenters. The smallest absolute Gasteiger partial charge is 0.367 e. The van der Waals surface area contributed by atoms with Gasteiger partial charge in [0.1, 0.15) is 11.5 Å². The number of carbonyl (C=O) groups excluding carboxylic acids is 1. The Hall–Kier alpha value is -4.29. The Morgan fingerprint density at radius 3 is 2.51 bits per heavy atom. The number of aromatic amines is 1. The number of piperazine rings is 1. The molecule has 2 aliphatic rings. The molecule has 15 heteroatoms. The number of anilines is 3. The number of benzene rings is 1. The van der Waals surface area contributed by atoms with Gasteiger partial charge in [-0.1, -0.05) is 6.08 Å². The highest BCUT2D eigenvalue weighted by Gasteiger charge is 2.37. The fourth-order valence-corrected chi connectivity index (χ4v) is 5.99. The van der Waals surface area contributed by atoms with E-state index in [-0.39, 0.29) is 42.5 Å². The number of rotatable bonds is 5. The van der Waals surface area contributed by atoms with Gasteiger partial charge in [0.05, 0.1) is 28.9 Å². The Kier molecular flexibility index (Phi) is 8.01. The van der Waals surface area contributed by atoms with Crippen molar-refractivity contribution < 1.29 is 26.7 Å². The zero-order valence-electron chi connectivity index (χ0n) is 23.2. The quantitative estimate of drug-likeness (QED) is 0.295. The van der Waals surface area contributed by atoms with Crippen molar-refractivity contribution in [2.45, 2.75) is 32.1 Å². The number of hydrogen-bond acceptors (Lipinski definition) is 7. The van der Waals surface area contributed by atoms with Crippen LogP contribution in [0.1, 0.15) is 35.3 Å². The van der Waals surface area contributed by atoms with Crippen LogP contribution in [-0.2, 0) is 6.18 Å². The van der Waals surface area contributed by atoms with E-state index >= 15 is 8.78 Å². The van der Waals surface area contributed by atoms with E-state index < -0.39 is 51.7 Å². The Morgan fingerprint density at radius 1 is 1.19 bits per heavy atom.